The highest BCUT2D eigenvalue weighted by Crippen LogP contribution is 2.40. The Balaban J connectivity index is 1.35. The Morgan fingerprint density at radius 1 is 1.00 bits per heavy atom. The van der Waals surface area contributed by atoms with Gasteiger partial charge in [0.25, 0.3) is 0 Å². The van der Waals surface area contributed by atoms with Crippen LogP contribution in [0.2, 0.25) is 0 Å². The minimum absolute atomic E-state index is 0.00618. The number of hydrogen-bond acceptors (Lipinski definition) is 5. The highest BCUT2D eigenvalue weighted by Gasteiger charge is 2.33. The van der Waals surface area contributed by atoms with Crippen LogP contribution >= 0.6 is 0 Å². The molecule has 0 radical (unpaired) electrons. The maximum atomic E-state index is 13.1. The second-order valence-electron chi connectivity index (χ2n) is 11.4. The maximum Gasteiger partial charge on any atom is 0.411 e. The van der Waals surface area contributed by atoms with E-state index in [0.717, 1.165) is 37.2 Å². The Morgan fingerprint density at radius 3 is 2.33 bits per heavy atom. The van der Waals surface area contributed by atoms with Crippen LogP contribution in [0, 0.1) is 0 Å². The Hall–Kier alpha value is -3.85. The summed E-state index contributed by atoms with van der Waals surface area (Å²) in [6.07, 6.45) is -4.83. The van der Waals surface area contributed by atoms with Crippen LogP contribution in [-0.2, 0) is 21.4 Å². The third-order valence-electron chi connectivity index (χ3n) is 7.58. The van der Waals surface area contributed by atoms with E-state index in [-0.39, 0.29) is 23.7 Å². The van der Waals surface area contributed by atoms with Gasteiger partial charge >= 0.3 is 12.1 Å². The molecule has 3 aromatic carbocycles. The lowest BCUT2D eigenvalue weighted by atomic mass is 9.76. The molecule has 0 spiro atoms. The predicted octanol–water partition coefficient (Wildman–Crippen LogP) is 6.84. The summed E-state index contributed by atoms with van der Waals surface area (Å²) in [6.45, 7) is 6.40. The second kappa shape index (κ2) is 13.0. The number of benzene rings is 3. The van der Waals surface area contributed by atoms with Crippen molar-refractivity contribution in [1.29, 1.82) is 0 Å². The van der Waals surface area contributed by atoms with Crippen molar-refractivity contribution in [2.75, 3.05) is 24.6 Å². The van der Waals surface area contributed by atoms with Crippen LogP contribution in [0.15, 0.2) is 72.8 Å². The summed E-state index contributed by atoms with van der Waals surface area (Å²) < 4.78 is 47.9. The molecule has 224 valence electrons. The van der Waals surface area contributed by atoms with Crippen LogP contribution in [0.25, 0.3) is 0 Å². The number of aliphatic carboxylic acids is 1. The maximum absolute atomic E-state index is 13.1. The van der Waals surface area contributed by atoms with E-state index in [1.54, 1.807) is 24.3 Å². The van der Waals surface area contributed by atoms with Crippen LogP contribution in [0.4, 0.5) is 18.9 Å². The lowest BCUT2D eigenvalue weighted by Gasteiger charge is -2.41. The van der Waals surface area contributed by atoms with E-state index in [2.05, 4.69) is 23.5 Å². The normalized spacial score (nSPS) is 15.9. The first kappa shape index (κ1) is 31.1. The molecule has 0 saturated heterocycles. The van der Waals surface area contributed by atoms with E-state index in [1.807, 2.05) is 55.5 Å². The third-order valence-corrected chi connectivity index (χ3v) is 7.58. The molecule has 0 fully saturated rings. The van der Waals surface area contributed by atoms with Crippen molar-refractivity contribution in [3.8, 4) is 5.75 Å². The second-order valence-corrected chi connectivity index (χ2v) is 11.4. The molecule has 0 saturated carbocycles. The monoisotopic (exact) mass is 583 g/mol. The van der Waals surface area contributed by atoms with Gasteiger partial charge in [-0.25, -0.2) is 4.79 Å². The number of fused-ring (bicyclic) bond motifs is 1. The molecule has 1 aliphatic heterocycles. The molecule has 0 aromatic heterocycles. The summed E-state index contributed by atoms with van der Waals surface area (Å²) in [5.41, 5.74) is 4.07. The number of carbonyl (C=O) groups is 2. The van der Waals surface area contributed by atoms with Crippen molar-refractivity contribution >= 4 is 17.4 Å². The summed E-state index contributed by atoms with van der Waals surface area (Å²) >= 11 is 0. The van der Waals surface area contributed by atoms with Gasteiger partial charge in [-0.05, 0) is 60.2 Å². The van der Waals surface area contributed by atoms with Crippen LogP contribution in [0.5, 0.6) is 5.75 Å². The number of halogens is 3. The van der Waals surface area contributed by atoms with Crippen molar-refractivity contribution in [3.63, 3.8) is 0 Å². The van der Waals surface area contributed by atoms with Gasteiger partial charge in [0.15, 0.2) is 11.9 Å². The Labute approximate surface area is 244 Å². The summed E-state index contributed by atoms with van der Waals surface area (Å²) in [4.78, 5) is 26.7. The first-order chi connectivity index (χ1) is 19.8. The van der Waals surface area contributed by atoms with Gasteiger partial charge < -0.3 is 19.5 Å². The fraction of sp³-hybridized carbons (Fsp3) is 0.394. The number of ether oxygens (including phenoxy) is 2. The summed E-state index contributed by atoms with van der Waals surface area (Å²) in [6, 6.07) is 21.9. The van der Waals surface area contributed by atoms with Crippen molar-refractivity contribution in [2.45, 2.75) is 63.8 Å². The zero-order valence-electron chi connectivity index (χ0n) is 24.0. The van der Waals surface area contributed by atoms with Gasteiger partial charge in [0.05, 0.1) is 6.10 Å². The number of anilines is 1. The number of nitrogens with zero attached hydrogens (tertiary/aromatic N) is 1. The number of ketones is 1. The van der Waals surface area contributed by atoms with E-state index in [9.17, 15) is 27.9 Å². The molecule has 0 bridgehead atoms. The zero-order valence-corrected chi connectivity index (χ0v) is 24.0. The van der Waals surface area contributed by atoms with Crippen LogP contribution in [0.1, 0.15) is 60.7 Å². The van der Waals surface area contributed by atoms with E-state index >= 15 is 0 Å². The predicted molar refractivity (Wildman–Crippen MR) is 154 cm³/mol. The lowest BCUT2D eigenvalue weighted by Crippen LogP contribution is -2.39. The van der Waals surface area contributed by atoms with Crippen molar-refractivity contribution in [2.24, 2.45) is 0 Å². The number of carboxylic acids is 1. The smallest absolute Gasteiger partial charge is 0.411 e. The molecule has 9 heteroatoms. The molecule has 0 aliphatic carbocycles. The number of alkyl halides is 3. The topological polar surface area (TPSA) is 76.1 Å². The van der Waals surface area contributed by atoms with Gasteiger partial charge in [0.2, 0.25) is 0 Å². The average molecular weight is 584 g/mol. The molecule has 3 aromatic rings. The third kappa shape index (κ3) is 8.12. The van der Waals surface area contributed by atoms with E-state index in [1.165, 1.54) is 0 Å². The van der Waals surface area contributed by atoms with Crippen molar-refractivity contribution in [3.05, 3.63) is 95.1 Å². The van der Waals surface area contributed by atoms with Gasteiger partial charge in [0, 0.05) is 42.7 Å². The van der Waals surface area contributed by atoms with Gasteiger partial charge in [-0.3, -0.25) is 4.79 Å². The summed E-state index contributed by atoms with van der Waals surface area (Å²) in [5.74, 6) is -0.861. The standard InChI is InChI=1S/C33H36F3NO5/c1-22(42-26-12-9-23(10-13-26)19-29(31(39)40)41-21-33(34,35)36)15-17-37-18-16-32(2,3)27-20-25(11-14-28(27)37)30(38)24-7-5-4-6-8-24/h4-14,20,22,29H,15-19,21H2,1-3H3,(H,39,40). The van der Waals surface area contributed by atoms with E-state index in [0.29, 0.717) is 22.4 Å². The Kier molecular flexibility index (Phi) is 9.61. The van der Waals surface area contributed by atoms with Crippen LogP contribution in [0.3, 0.4) is 0 Å². The summed E-state index contributed by atoms with van der Waals surface area (Å²) in [7, 11) is 0. The molecule has 4 rings (SSSR count). The molecule has 42 heavy (non-hydrogen) atoms. The minimum atomic E-state index is -4.60. The molecule has 1 aliphatic rings. The largest absolute Gasteiger partial charge is 0.491 e. The Bertz CT molecular complexity index is 1370. The number of hydrogen-bond donors (Lipinski definition) is 1. The fourth-order valence-electron chi connectivity index (χ4n) is 5.11. The van der Waals surface area contributed by atoms with E-state index < -0.39 is 24.9 Å². The lowest BCUT2D eigenvalue weighted by molar-refractivity contribution is -0.192. The van der Waals surface area contributed by atoms with Gasteiger partial charge in [-0.15, -0.1) is 0 Å². The SMILES string of the molecule is CC(CCN1CCC(C)(C)c2cc(C(=O)c3ccccc3)ccc21)Oc1ccc(CC(OCC(F)(F)F)C(=O)O)cc1. The van der Waals surface area contributed by atoms with E-state index in [4.69, 9.17) is 4.74 Å². The first-order valence-electron chi connectivity index (χ1n) is 14.0. The highest BCUT2D eigenvalue weighted by atomic mass is 19.4. The fourth-order valence-corrected chi connectivity index (χ4v) is 5.11. The van der Waals surface area contributed by atoms with Crippen molar-refractivity contribution < 1.29 is 37.3 Å². The summed E-state index contributed by atoms with van der Waals surface area (Å²) in [5, 5.41) is 9.21. The molecular weight excluding hydrogens is 547 g/mol. The first-order valence-corrected chi connectivity index (χ1v) is 14.0. The molecule has 0 amide bonds. The van der Waals surface area contributed by atoms with Gasteiger partial charge in [-0.2, -0.15) is 13.2 Å². The number of carboxylic acid groups (broad SMARTS) is 1. The number of rotatable bonds is 12. The minimum Gasteiger partial charge on any atom is -0.491 e. The quantitative estimate of drug-likeness (QED) is 0.236. The van der Waals surface area contributed by atoms with Crippen molar-refractivity contribution in [1.82, 2.24) is 0 Å². The number of carbonyl (C=O) groups excluding carboxylic acids is 1. The van der Waals surface area contributed by atoms with Crippen LogP contribution < -0.4 is 9.64 Å². The zero-order chi connectivity index (χ0) is 30.5. The molecule has 1 heterocycles. The van der Waals surface area contributed by atoms with Gasteiger partial charge in [0.1, 0.15) is 12.4 Å². The average Bonchev–Trinajstić information content (AvgIpc) is 2.95. The molecular formula is C33H36F3NO5. The van der Waals surface area contributed by atoms with Crippen LogP contribution in [-0.4, -0.2) is 54.9 Å². The Morgan fingerprint density at radius 2 is 1.69 bits per heavy atom. The molecule has 6 nitrogen and oxygen atoms in total. The molecule has 2 atom stereocenters. The molecule has 1 N–H and O–H groups in total. The van der Waals surface area contributed by atoms with Gasteiger partial charge in [-0.1, -0.05) is 56.3 Å². The highest BCUT2D eigenvalue weighted by molar-refractivity contribution is 6.09. The molecule has 2 unspecified atom stereocenters.